The van der Waals surface area contributed by atoms with Gasteiger partial charge in [-0.25, -0.2) is 9.59 Å². The summed E-state index contributed by atoms with van der Waals surface area (Å²) in [5, 5.41) is 9.61. The molecule has 0 amide bonds. The van der Waals surface area contributed by atoms with Crippen LogP contribution in [0.1, 0.15) is 6.92 Å². The number of hydrogen-bond acceptors (Lipinski definition) is 5. The molecule has 25 heavy (non-hydrogen) atoms. The van der Waals surface area contributed by atoms with Crippen molar-refractivity contribution in [2.24, 2.45) is 0 Å². The van der Waals surface area contributed by atoms with Gasteiger partial charge in [-0.2, -0.15) is 0 Å². The van der Waals surface area contributed by atoms with Crippen molar-refractivity contribution in [1.29, 1.82) is 0 Å². The Morgan fingerprint density at radius 1 is 1.08 bits per heavy atom. The lowest BCUT2D eigenvalue weighted by molar-refractivity contribution is -0.144. The molecule has 0 radical (unpaired) electrons. The summed E-state index contributed by atoms with van der Waals surface area (Å²) >= 11 is 0. The van der Waals surface area contributed by atoms with E-state index in [-0.39, 0.29) is 0 Å². The number of aliphatic carboxylic acids is 1. The van der Waals surface area contributed by atoms with Gasteiger partial charge in [0.25, 0.3) is 0 Å². The van der Waals surface area contributed by atoms with Gasteiger partial charge in [-0.1, -0.05) is 12.1 Å². The highest BCUT2D eigenvalue weighted by atomic mass is 16.5. The second-order valence-electron chi connectivity index (χ2n) is 5.47. The van der Waals surface area contributed by atoms with Crippen LogP contribution in [0.2, 0.25) is 0 Å². The van der Waals surface area contributed by atoms with Crippen LogP contribution in [-0.2, 0) is 4.79 Å². The van der Waals surface area contributed by atoms with Gasteiger partial charge in [-0.15, -0.1) is 0 Å². The Morgan fingerprint density at radius 2 is 1.76 bits per heavy atom. The molecular weight excluding hydrogens is 324 g/mol. The predicted molar refractivity (Wildman–Crippen MR) is 92.2 cm³/mol. The van der Waals surface area contributed by atoms with Crippen molar-refractivity contribution in [3.05, 3.63) is 59.0 Å². The molecule has 3 rings (SSSR count). The van der Waals surface area contributed by atoms with Crippen molar-refractivity contribution in [1.82, 2.24) is 0 Å². The molecule has 0 fully saturated rings. The van der Waals surface area contributed by atoms with Crippen LogP contribution < -0.4 is 15.1 Å². The first-order valence-electron chi connectivity index (χ1n) is 7.60. The Balaban J connectivity index is 1.96. The first kappa shape index (κ1) is 16.6. The number of carboxylic acid groups (broad SMARTS) is 1. The molecule has 0 aliphatic rings. The summed E-state index contributed by atoms with van der Waals surface area (Å²) in [6.07, 6.45) is -0.955. The molecule has 0 saturated heterocycles. The minimum absolute atomic E-state index is 0.401. The summed E-state index contributed by atoms with van der Waals surface area (Å²) in [6, 6.07) is 13.5. The van der Waals surface area contributed by atoms with E-state index >= 15 is 0 Å². The second-order valence-corrected chi connectivity index (χ2v) is 5.47. The summed E-state index contributed by atoms with van der Waals surface area (Å²) in [5.41, 5.74) is 1.07. The van der Waals surface area contributed by atoms with Gasteiger partial charge < -0.3 is 19.0 Å². The third-order valence-corrected chi connectivity index (χ3v) is 3.77. The topological polar surface area (TPSA) is 86.0 Å². The Bertz CT molecular complexity index is 971. The Hall–Kier alpha value is -3.28. The monoisotopic (exact) mass is 340 g/mol. The Labute approximate surface area is 143 Å². The predicted octanol–water partition coefficient (Wildman–Crippen LogP) is 3.32. The van der Waals surface area contributed by atoms with Gasteiger partial charge in [0.2, 0.25) is 0 Å². The van der Waals surface area contributed by atoms with Crippen LogP contribution in [0.3, 0.4) is 0 Å². The molecule has 0 bridgehead atoms. The molecule has 2 aromatic carbocycles. The smallest absolute Gasteiger partial charge is 0.344 e. The van der Waals surface area contributed by atoms with Gasteiger partial charge in [-0.3, -0.25) is 0 Å². The van der Waals surface area contributed by atoms with Gasteiger partial charge in [0.1, 0.15) is 17.1 Å². The molecule has 0 aliphatic heterocycles. The number of carboxylic acids is 1. The molecule has 6 heteroatoms. The normalized spacial score (nSPS) is 11.9. The zero-order valence-electron chi connectivity index (χ0n) is 13.7. The third-order valence-electron chi connectivity index (χ3n) is 3.77. The van der Waals surface area contributed by atoms with E-state index < -0.39 is 17.7 Å². The van der Waals surface area contributed by atoms with Gasteiger partial charge in [-0.05, 0) is 48.9 Å². The van der Waals surface area contributed by atoms with Crippen LogP contribution in [0.5, 0.6) is 11.5 Å². The molecular formula is C19H16O6. The van der Waals surface area contributed by atoms with Gasteiger partial charge in [0.15, 0.2) is 6.10 Å². The second kappa shape index (κ2) is 6.68. The van der Waals surface area contributed by atoms with Crippen molar-refractivity contribution >= 4 is 16.9 Å². The van der Waals surface area contributed by atoms with Gasteiger partial charge in [0, 0.05) is 5.39 Å². The first-order valence-corrected chi connectivity index (χ1v) is 7.60. The van der Waals surface area contributed by atoms with Crippen LogP contribution in [-0.4, -0.2) is 24.3 Å². The summed E-state index contributed by atoms with van der Waals surface area (Å²) < 4.78 is 15.8. The van der Waals surface area contributed by atoms with E-state index in [4.69, 9.17) is 19.0 Å². The Kier molecular flexibility index (Phi) is 4.43. The fourth-order valence-electron chi connectivity index (χ4n) is 2.40. The van der Waals surface area contributed by atoms with E-state index in [9.17, 15) is 9.59 Å². The molecule has 1 atom stereocenters. The van der Waals surface area contributed by atoms with E-state index in [1.165, 1.54) is 6.92 Å². The number of ether oxygens (including phenoxy) is 2. The number of rotatable bonds is 5. The van der Waals surface area contributed by atoms with Crippen LogP contribution >= 0.6 is 0 Å². The highest BCUT2D eigenvalue weighted by Gasteiger charge is 2.13. The molecule has 1 heterocycles. The fourth-order valence-corrected chi connectivity index (χ4v) is 2.40. The standard InChI is InChI=1S/C19H16O6/c1-11(18(20)21)24-14-5-3-12(4-6-14)16-10-13-9-15(23-2)7-8-17(13)25-19(16)22/h3-11H,1-2H3,(H,20,21)/t11-/m1/s1. The SMILES string of the molecule is COc1ccc2oc(=O)c(-c3ccc(O[C@H](C)C(=O)O)cc3)cc2c1. The number of hydrogen-bond donors (Lipinski definition) is 1. The minimum atomic E-state index is -1.05. The molecule has 0 aliphatic carbocycles. The number of fused-ring (bicyclic) bond motifs is 1. The van der Waals surface area contributed by atoms with Crippen LogP contribution in [0.25, 0.3) is 22.1 Å². The van der Waals surface area contributed by atoms with Crippen molar-refractivity contribution in [3.8, 4) is 22.6 Å². The number of carbonyl (C=O) groups is 1. The lowest BCUT2D eigenvalue weighted by Gasteiger charge is -2.10. The van der Waals surface area contributed by atoms with E-state index in [1.807, 2.05) is 0 Å². The quantitative estimate of drug-likeness (QED) is 0.717. The zero-order chi connectivity index (χ0) is 18.0. The molecule has 6 nitrogen and oxygen atoms in total. The highest BCUT2D eigenvalue weighted by Crippen LogP contribution is 2.26. The molecule has 0 saturated carbocycles. The molecule has 0 spiro atoms. The van der Waals surface area contributed by atoms with E-state index in [2.05, 4.69) is 0 Å². The fraction of sp³-hybridized carbons (Fsp3) is 0.158. The average molecular weight is 340 g/mol. The molecule has 1 aromatic heterocycles. The summed E-state index contributed by atoms with van der Waals surface area (Å²) in [4.78, 5) is 23.1. The lowest BCUT2D eigenvalue weighted by Crippen LogP contribution is -2.22. The van der Waals surface area contributed by atoms with Crippen molar-refractivity contribution in [3.63, 3.8) is 0 Å². The van der Waals surface area contributed by atoms with Gasteiger partial charge >= 0.3 is 11.6 Å². The molecule has 128 valence electrons. The number of benzene rings is 2. The Morgan fingerprint density at radius 3 is 2.40 bits per heavy atom. The molecule has 3 aromatic rings. The third kappa shape index (κ3) is 3.47. The van der Waals surface area contributed by atoms with Crippen LogP contribution in [0, 0.1) is 0 Å². The van der Waals surface area contributed by atoms with Crippen LogP contribution in [0.15, 0.2) is 57.7 Å². The van der Waals surface area contributed by atoms with Crippen LogP contribution in [0.4, 0.5) is 0 Å². The lowest BCUT2D eigenvalue weighted by atomic mass is 10.1. The maximum atomic E-state index is 12.2. The summed E-state index contributed by atoms with van der Waals surface area (Å²) in [6.45, 7) is 1.45. The van der Waals surface area contributed by atoms with Crippen molar-refractivity contribution < 1.29 is 23.8 Å². The highest BCUT2D eigenvalue weighted by molar-refractivity contribution is 5.83. The van der Waals surface area contributed by atoms with E-state index in [0.29, 0.717) is 28.2 Å². The molecule has 0 unspecified atom stereocenters. The van der Waals surface area contributed by atoms with Gasteiger partial charge in [0.05, 0.1) is 12.7 Å². The minimum Gasteiger partial charge on any atom is -0.497 e. The summed E-state index contributed by atoms with van der Waals surface area (Å²) in [7, 11) is 1.57. The van der Waals surface area contributed by atoms with E-state index in [1.54, 1.807) is 55.6 Å². The van der Waals surface area contributed by atoms with Crippen molar-refractivity contribution in [2.75, 3.05) is 7.11 Å². The maximum absolute atomic E-state index is 12.2. The van der Waals surface area contributed by atoms with E-state index in [0.717, 1.165) is 5.39 Å². The summed E-state index contributed by atoms with van der Waals surface area (Å²) in [5.74, 6) is 0.0254. The molecule has 1 N–H and O–H groups in total. The zero-order valence-corrected chi connectivity index (χ0v) is 13.7. The average Bonchev–Trinajstić information content (AvgIpc) is 2.61. The largest absolute Gasteiger partial charge is 0.497 e. The maximum Gasteiger partial charge on any atom is 0.344 e. The first-order chi connectivity index (χ1) is 12.0. The van der Waals surface area contributed by atoms with Crippen molar-refractivity contribution in [2.45, 2.75) is 13.0 Å². The number of methoxy groups -OCH3 is 1.